The Hall–Kier alpha value is -2.25. The van der Waals surface area contributed by atoms with E-state index in [1.807, 2.05) is 30.0 Å². The fraction of sp³-hybridized carbons (Fsp3) is 0.556. The lowest BCUT2D eigenvalue weighted by atomic mass is 9.70. The minimum absolute atomic E-state index is 0.0252. The van der Waals surface area contributed by atoms with Gasteiger partial charge in [-0.2, -0.15) is 13.2 Å². The number of nitrogens with zero attached hydrogens (tertiary/aromatic N) is 3. The normalized spacial score (nSPS) is 27.5. The van der Waals surface area contributed by atoms with Gasteiger partial charge in [-0.3, -0.25) is 9.59 Å². The zero-order valence-corrected chi connectivity index (χ0v) is 14.6. The lowest BCUT2D eigenvalue weighted by molar-refractivity contribution is -0.187. The third kappa shape index (κ3) is 2.10. The van der Waals surface area contributed by atoms with Gasteiger partial charge in [-0.05, 0) is 24.5 Å². The Morgan fingerprint density at radius 1 is 1.35 bits per heavy atom. The first kappa shape index (κ1) is 17.2. The van der Waals surface area contributed by atoms with E-state index in [4.69, 9.17) is 0 Å². The van der Waals surface area contributed by atoms with Gasteiger partial charge in [-0.1, -0.05) is 19.1 Å². The largest absolute Gasteiger partial charge is 0.471 e. The summed E-state index contributed by atoms with van der Waals surface area (Å²) in [6.07, 6.45) is -3.85. The van der Waals surface area contributed by atoms with E-state index in [0.717, 1.165) is 21.8 Å². The van der Waals surface area contributed by atoms with Crippen LogP contribution >= 0.6 is 0 Å². The highest BCUT2D eigenvalue weighted by atomic mass is 19.4. The van der Waals surface area contributed by atoms with Crippen molar-refractivity contribution in [3.8, 4) is 0 Å². The fourth-order valence-electron chi connectivity index (χ4n) is 4.93. The van der Waals surface area contributed by atoms with Crippen molar-refractivity contribution in [2.24, 2.45) is 0 Å². The van der Waals surface area contributed by atoms with Crippen molar-refractivity contribution in [1.29, 1.82) is 0 Å². The summed E-state index contributed by atoms with van der Waals surface area (Å²) in [7, 11) is 1.72. The fourth-order valence-corrected chi connectivity index (χ4v) is 4.93. The molecule has 3 aliphatic rings. The molecule has 0 aromatic heterocycles. The molecule has 140 valence electrons. The highest BCUT2D eigenvalue weighted by Gasteiger charge is 2.57. The topological polar surface area (TPSA) is 43.9 Å². The molecule has 5 nitrogen and oxygen atoms in total. The van der Waals surface area contributed by atoms with Gasteiger partial charge in [0.15, 0.2) is 0 Å². The van der Waals surface area contributed by atoms with Crippen LogP contribution in [0.2, 0.25) is 0 Å². The number of fused-ring (bicyclic) bond motifs is 3. The van der Waals surface area contributed by atoms with Gasteiger partial charge in [0.25, 0.3) is 0 Å². The van der Waals surface area contributed by atoms with Gasteiger partial charge < -0.3 is 14.7 Å². The number of piperidine rings is 1. The van der Waals surface area contributed by atoms with Gasteiger partial charge in [0.05, 0.1) is 17.9 Å². The maximum atomic E-state index is 13.0. The number of likely N-dealkylation sites (tertiary alicyclic amines) is 1. The van der Waals surface area contributed by atoms with Crippen molar-refractivity contribution < 1.29 is 22.8 Å². The smallest absolute Gasteiger partial charge is 0.356 e. The Morgan fingerprint density at radius 3 is 2.73 bits per heavy atom. The molecule has 0 spiro atoms. The van der Waals surface area contributed by atoms with Gasteiger partial charge in [-0.25, -0.2) is 0 Å². The van der Waals surface area contributed by atoms with Crippen LogP contribution in [0.25, 0.3) is 0 Å². The zero-order chi connectivity index (χ0) is 18.9. The van der Waals surface area contributed by atoms with Crippen LogP contribution in [-0.2, 0) is 15.0 Å². The molecule has 8 heteroatoms. The number of para-hydroxylation sites is 1. The summed E-state index contributed by atoms with van der Waals surface area (Å²) in [5.41, 5.74) is 2.08. The Kier molecular flexibility index (Phi) is 3.55. The van der Waals surface area contributed by atoms with Crippen LogP contribution in [0.1, 0.15) is 25.3 Å². The second-order valence-corrected chi connectivity index (χ2v) is 7.29. The zero-order valence-electron chi connectivity index (χ0n) is 14.6. The van der Waals surface area contributed by atoms with Crippen molar-refractivity contribution in [2.75, 3.05) is 36.5 Å². The molecular formula is C18H20F3N3O2. The van der Waals surface area contributed by atoms with Gasteiger partial charge in [0.2, 0.25) is 5.91 Å². The molecule has 0 bridgehead atoms. The Morgan fingerprint density at radius 2 is 2.08 bits per heavy atom. The molecule has 2 atom stereocenters. The summed E-state index contributed by atoms with van der Waals surface area (Å²) in [6, 6.07) is 5.56. The van der Waals surface area contributed by atoms with Crippen molar-refractivity contribution in [1.82, 2.24) is 4.90 Å². The first-order valence-corrected chi connectivity index (χ1v) is 8.73. The number of carbonyl (C=O) groups is 2. The predicted octanol–water partition coefficient (Wildman–Crippen LogP) is 2.29. The molecular weight excluding hydrogens is 347 g/mol. The van der Waals surface area contributed by atoms with E-state index < -0.39 is 17.5 Å². The highest BCUT2D eigenvalue weighted by Crippen LogP contribution is 2.55. The van der Waals surface area contributed by atoms with E-state index >= 15 is 0 Å². The molecule has 0 radical (unpaired) electrons. The minimum atomic E-state index is -4.87. The number of halogens is 3. The van der Waals surface area contributed by atoms with Crippen LogP contribution in [0.5, 0.6) is 0 Å². The number of carbonyl (C=O) groups excluding carboxylic acids is 2. The second-order valence-electron chi connectivity index (χ2n) is 7.29. The van der Waals surface area contributed by atoms with E-state index in [-0.39, 0.29) is 31.6 Å². The summed E-state index contributed by atoms with van der Waals surface area (Å²) < 4.78 is 38.9. The molecule has 2 unspecified atom stereocenters. The van der Waals surface area contributed by atoms with Crippen molar-refractivity contribution in [3.63, 3.8) is 0 Å². The summed E-state index contributed by atoms with van der Waals surface area (Å²) in [5, 5.41) is 0. The molecule has 2 amide bonds. The number of hydrogen-bond acceptors (Lipinski definition) is 3. The molecule has 3 aliphatic heterocycles. The maximum absolute atomic E-state index is 13.0. The van der Waals surface area contributed by atoms with E-state index in [0.29, 0.717) is 12.8 Å². The average molecular weight is 367 g/mol. The number of benzene rings is 1. The van der Waals surface area contributed by atoms with Crippen LogP contribution in [0.15, 0.2) is 18.2 Å². The van der Waals surface area contributed by atoms with Crippen LogP contribution in [-0.4, -0.2) is 55.6 Å². The SMILES string of the molecule is CCC12CN(C(=O)C(F)(F)F)CCC1N1CC(=O)N(C)c3cccc2c31. The Balaban J connectivity index is 1.81. The number of rotatable bonds is 1. The van der Waals surface area contributed by atoms with Gasteiger partial charge in [-0.15, -0.1) is 0 Å². The van der Waals surface area contributed by atoms with Crippen molar-refractivity contribution in [2.45, 2.75) is 37.4 Å². The molecule has 26 heavy (non-hydrogen) atoms. The van der Waals surface area contributed by atoms with Gasteiger partial charge >= 0.3 is 12.1 Å². The Bertz CT molecular complexity index is 794. The summed E-state index contributed by atoms with van der Waals surface area (Å²) in [4.78, 5) is 28.8. The molecule has 1 aromatic carbocycles. The number of alkyl halides is 3. The Labute approximate surface area is 149 Å². The molecule has 0 N–H and O–H groups in total. The second kappa shape index (κ2) is 5.37. The van der Waals surface area contributed by atoms with Gasteiger partial charge in [0.1, 0.15) is 0 Å². The molecule has 1 aromatic rings. The van der Waals surface area contributed by atoms with Crippen molar-refractivity contribution >= 4 is 23.2 Å². The lowest BCUT2D eigenvalue weighted by Crippen LogP contribution is -2.60. The summed E-state index contributed by atoms with van der Waals surface area (Å²) >= 11 is 0. The third-order valence-electron chi connectivity index (χ3n) is 6.20. The molecule has 4 rings (SSSR count). The molecule has 1 saturated heterocycles. The minimum Gasteiger partial charge on any atom is -0.356 e. The van der Waals surface area contributed by atoms with E-state index in [2.05, 4.69) is 0 Å². The highest BCUT2D eigenvalue weighted by molar-refractivity contribution is 6.05. The number of likely N-dealkylation sites (N-methyl/N-ethyl adjacent to an activating group) is 1. The quantitative estimate of drug-likeness (QED) is 0.765. The number of anilines is 2. The maximum Gasteiger partial charge on any atom is 0.471 e. The van der Waals surface area contributed by atoms with E-state index in [1.54, 1.807) is 11.9 Å². The summed E-state index contributed by atoms with van der Waals surface area (Å²) in [5.74, 6) is -1.81. The molecule has 0 saturated carbocycles. The van der Waals surface area contributed by atoms with Crippen LogP contribution in [0, 0.1) is 0 Å². The summed E-state index contributed by atoms with van der Waals surface area (Å²) in [6.45, 7) is 2.24. The first-order valence-electron chi connectivity index (χ1n) is 8.73. The predicted molar refractivity (Wildman–Crippen MR) is 90.2 cm³/mol. The molecule has 0 aliphatic carbocycles. The van der Waals surface area contributed by atoms with E-state index in [9.17, 15) is 22.8 Å². The van der Waals surface area contributed by atoms with Crippen molar-refractivity contribution in [3.05, 3.63) is 23.8 Å². The van der Waals surface area contributed by atoms with Crippen LogP contribution in [0.4, 0.5) is 24.5 Å². The standard InChI is InChI=1S/C18H20F3N3O2/c1-3-17-10-23(16(26)18(19,20)21)8-7-13(17)24-9-14(25)22(2)12-6-4-5-11(17)15(12)24/h4-6,13H,3,7-10H2,1-2H3. The lowest BCUT2D eigenvalue weighted by Gasteiger charge is -2.47. The average Bonchev–Trinajstić information content (AvgIpc) is 2.89. The van der Waals surface area contributed by atoms with E-state index in [1.165, 1.54) is 0 Å². The number of amides is 2. The monoisotopic (exact) mass is 367 g/mol. The van der Waals surface area contributed by atoms with Crippen LogP contribution in [0.3, 0.4) is 0 Å². The molecule has 1 fully saturated rings. The number of hydrogen-bond donors (Lipinski definition) is 0. The van der Waals surface area contributed by atoms with Crippen LogP contribution < -0.4 is 9.80 Å². The third-order valence-corrected chi connectivity index (χ3v) is 6.20. The molecule has 3 heterocycles. The first-order chi connectivity index (χ1) is 12.2. The van der Waals surface area contributed by atoms with Gasteiger partial charge in [0, 0.05) is 31.6 Å².